The number of rotatable bonds is 19. The highest BCUT2D eigenvalue weighted by Crippen LogP contribution is 2.47. The molecule has 0 spiro atoms. The van der Waals surface area contributed by atoms with E-state index in [-0.39, 0.29) is 0 Å². The van der Waals surface area contributed by atoms with E-state index in [1.807, 2.05) is 0 Å². The van der Waals surface area contributed by atoms with Gasteiger partial charge in [0.1, 0.15) is 0 Å². The van der Waals surface area contributed by atoms with Crippen LogP contribution in [0.25, 0.3) is 0 Å². The molecule has 146 valence electrons. The molecule has 0 heterocycles. The number of hydrogen-bond acceptors (Lipinski definition) is 1. The van der Waals surface area contributed by atoms with E-state index in [9.17, 15) is 0 Å². The van der Waals surface area contributed by atoms with Gasteiger partial charge in [0.05, 0.1) is 0 Å². The fourth-order valence-corrected chi connectivity index (χ4v) is 7.16. The molecule has 0 fully saturated rings. The van der Waals surface area contributed by atoms with Crippen LogP contribution in [0.3, 0.4) is 0 Å². The standard InChI is InChI=1S/C22H47OP/c1-4-7-20-24(21-8-5-2)22(17-6-3)18-15-13-11-9-10-12-14-16-19-23/h22-23H,4-21H2,1-3H3. The first-order chi connectivity index (χ1) is 11.8. The van der Waals surface area contributed by atoms with Crippen molar-refractivity contribution in [3.63, 3.8) is 0 Å². The van der Waals surface area contributed by atoms with Crippen molar-refractivity contribution in [2.24, 2.45) is 0 Å². The van der Waals surface area contributed by atoms with Crippen LogP contribution >= 0.6 is 7.92 Å². The molecule has 0 saturated heterocycles. The summed E-state index contributed by atoms with van der Waals surface area (Å²) in [6, 6.07) is 0. The normalized spacial score (nSPS) is 12.9. The molecule has 2 heteroatoms. The third-order valence-electron chi connectivity index (χ3n) is 5.18. The van der Waals surface area contributed by atoms with Crippen molar-refractivity contribution < 1.29 is 5.11 Å². The first-order valence-electron chi connectivity index (χ1n) is 11.1. The van der Waals surface area contributed by atoms with E-state index in [0.717, 1.165) is 12.1 Å². The molecule has 0 aliphatic rings. The summed E-state index contributed by atoms with van der Waals surface area (Å²) < 4.78 is 0. The first-order valence-corrected chi connectivity index (χ1v) is 12.9. The van der Waals surface area contributed by atoms with Crippen molar-refractivity contribution in [3.8, 4) is 0 Å². The summed E-state index contributed by atoms with van der Waals surface area (Å²) in [6.45, 7) is 7.45. The van der Waals surface area contributed by atoms with Crippen molar-refractivity contribution in [1.29, 1.82) is 0 Å². The first kappa shape index (κ1) is 24.4. The summed E-state index contributed by atoms with van der Waals surface area (Å²) in [5, 5.41) is 8.79. The number of aliphatic hydroxyl groups is 1. The molecule has 0 aromatic rings. The molecule has 1 unspecified atom stereocenters. The fourth-order valence-electron chi connectivity index (χ4n) is 3.59. The molecule has 1 N–H and O–H groups in total. The van der Waals surface area contributed by atoms with Gasteiger partial charge in [0.2, 0.25) is 0 Å². The van der Waals surface area contributed by atoms with Gasteiger partial charge in [-0.2, -0.15) is 0 Å². The zero-order chi connectivity index (χ0) is 17.9. The zero-order valence-electron chi connectivity index (χ0n) is 17.2. The van der Waals surface area contributed by atoms with Crippen LogP contribution in [0.5, 0.6) is 0 Å². The molecule has 1 nitrogen and oxygen atoms in total. The van der Waals surface area contributed by atoms with Gasteiger partial charge < -0.3 is 5.11 Å². The molecule has 24 heavy (non-hydrogen) atoms. The van der Waals surface area contributed by atoms with Crippen LogP contribution in [0.2, 0.25) is 0 Å². The average Bonchev–Trinajstić information content (AvgIpc) is 2.60. The highest BCUT2D eigenvalue weighted by atomic mass is 31.1. The van der Waals surface area contributed by atoms with Crippen LogP contribution in [0, 0.1) is 0 Å². The Hall–Kier alpha value is 0.390. The smallest absolute Gasteiger partial charge is 0.0431 e. The lowest BCUT2D eigenvalue weighted by Gasteiger charge is -2.28. The van der Waals surface area contributed by atoms with Crippen LogP contribution in [-0.4, -0.2) is 29.7 Å². The molecule has 0 amide bonds. The van der Waals surface area contributed by atoms with Gasteiger partial charge in [-0.05, 0) is 50.1 Å². The van der Waals surface area contributed by atoms with Gasteiger partial charge in [-0.3, -0.25) is 0 Å². The summed E-state index contributed by atoms with van der Waals surface area (Å²) >= 11 is 0. The summed E-state index contributed by atoms with van der Waals surface area (Å²) in [7, 11) is 0.300. The van der Waals surface area contributed by atoms with Crippen molar-refractivity contribution in [1.82, 2.24) is 0 Å². The summed E-state index contributed by atoms with van der Waals surface area (Å²) in [4.78, 5) is 0. The van der Waals surface area contributed by atoms with E-state index >= 15 is 0 Å². The molecule has 1 atom stereocenters. The number of hydrogen-bond donors (Lipinski definition) is 1. The second kappa shape index (κ2) is 19.7. The minimum Gasteiger partial charge on any atom is -0.396 e. The highest BCUT2D eigenvalue weighted by molar-refractivity contribution is 7.58. The van der Waals surface area contributed by atoms with Crippen LogP contribution in [0.15, 0.2) is 0 Å². The Labute approximate surface area is 155 Å². The van der Waals surface area contributed by atoms with Gasteiger partial charge in [0, 0.05) is 6.61 Å². The Kier molecular flexibility index (Phi) is 20.0. The third kappa shape index (κ3) is 14.7. The molecule has 0 radical (unpaired) electrons. The van der Waals surface area contributed by atoms with Crippen molar-refractivity contribution in [2.45, 2.75) is 123 Å². The Morgan fingerprint density at radius 1 is 0.583 bits per heavy atom. The minimum absolute atomic E-state index is 0.300. The summed E-state index contributed by atoms with van der Waals surface area (Å²) in [5.74, 6) is 0. The van der Waals surface area contributed by atoms with E-state index in [2.05, 4.69) is 20.8 Å². The molecule has 0 aliphatic heterocycles. The van der Waals surface area contributed by atoms with Crippen LogP contribution < -0.4 is 0 Å². The van der Waals surface area contributed by atoms with E-state index < -0.39 is 0 Å². The van der Waals surface area contributed by atoms with Crippen molar-refractivity contribution in [3.05, 3.63) is 0 Å². The highest BCUT2D eigenvalue weighted by Gasteiger charge is 2.18. The third-order valence-corrected chi connectivity index (χ3v) is 8.51. The predicted molar refractivity (Wildman–Crippen MR) is 114 cm³/mol. The molecule has 0 rings (SSSR count). The largest absolute Gasteiger partial charge is 0.396 e. The van der Waals surface area contributed by atoms with E-state index in [0.29, 0.717) is 14.5 Å². The number of aliphatic hydroxyl groups excluding tert-OH is 1. The fraction of sp³-hybridized carbons (Fsp3) is 1.00. The lowest BCUT2D eigenvalue weighted by molar-refractivity contribution is 0.282. The van der Waals surface area contributed by atoms with E-state index in [1.165, 1.54) is 89.9 Å². The Bertz CT molecular complexity index is 224. The lowest BCUT2D eigenvalue weighted by Crippen LogP contribution is -2.10. The van der Waals surface area contributed by atoms with Crippen LogP contribution in [0.4, 0.5) is 0 Å². The van der Waals surface area contributed by atoms with Gasteiger partial charge >= 0.3 is 0 Å². The zero-order valence-corrected chi connectivity index (χ0v) is 18.1. The van der Waals surface area contributed by atoms with Crippen LogP contribution in [-0.2, 0) is 0 Å². The maximum absolute atomic E-state index is 8.79. The van der Waals surface area contributed by atoms with Gasteiger partial charge in [0.25, 0.3) is 0 Å². The maximum atomic E-state index is 8.79. The molecule has 0 aromatic carbocycles. The summed E-state index contributed by atoms with van der Waals surface area (Å²) in [5.41, 5.74) is 1.06. The van der Waals surface area contributed by atoms with Gasteiger partial charge in [0.15, 0.2) is 0 Å². The van der Waals surface area contributed by atoms with Crippen molar-refractivity contribution >= 4 is 7.92 Å². The average molecular weight is 359 g/mol. The lowest BCUT2D eigenvalue weighted by atomic mass is 10.1. The van der Waals surface area contributed by atoms with Crippen molar-refractivity contribution in [2.75, 3.05) is 18.9 Å². The predicted octanol–water partition coefficient (Wildman–Crippen LogP) is 7.74. The van der Waals surface area contributed by atoms with Crippen LogP contribution in [0.1, 0.15) is 117 Å². The summed E-state index contributed by atoms with van der Waals surface area (Å²) in [6.07, 6.45) is 23.8. The molecular formula is C22H47OP. The van der Waals surface area contributed by atoms with Gasteiger partial charge in [-0.25, -0.2) is 0 Å². The minimum atomic E-state index is 0.300. The second-order valence-electron chi connectivity index (χ2n) is 7.53. The molecule has 0 saturated carbocycles. The molecule has 0 bridgehead atoms. The quantitative estimate of drug-likeness (QED) is 0.185. The van der Waals surface area contributed by atoms with E-state index in [4.69, 9.17) is 5.11 Å². The SMILES string of the molecule is CCCCP(CCCC)C(CCC)CCCCCCCCCCO. The van der Waals surface area contributed by atoms with Gasteiger partial charge in [-0.1, -0.05) is 85.0 Å². The maximum Gasteiger partial charge on any atom is 0.0431 e. The molecule has 0 aromatic heterocycles. The van der Waals surface area contributed by atoms with E-state index in [1.54, 1.807) is 12.3 Å². The topological polar surface area (TPSA) is 20.2 Å². The van der Waals surface area contributed by atoms with Gasteiger partial charge in [-0.15, -0.1) is 7.92 Å². The Balaban J connectivity index is 3.93. The molecular weight excluding hydrogens is 311 g/mol. The number of unbranched alkanes of at least 4 members (excludes halogenated alkanes) is 9. The second-order valence-corrected chi connectivity index (χ2v) is 10.3. The molecule has 0 aliphatic carbocycles. The Morgan fingerprint density at radius 3 is 1.54 bits per heavy atom. The monoisotopic (exact) mass is 358 g/mol. The Morgan fingerprint density at radius 2 is 1.08 bits per heavy atom.